The lowest BCUT2D eigenvalue weighted by Gasteiger charge is -2.13. The molecule has 2 rings (SSSR count). The van der Waals surface area contributed by atoms with Crippen LogP contribution in [0.2, 0.25) is 0 Å². The molecular weight excluding hydrogens is 352 g/mol. The van der Waals surface area contributed by atoms with Crippen LogP contribution in [0.3, 0.4) is 0 Å². The molecule has 0 aromatic heterocycles. The zero-order valence-electron chi connectivity index (χ0n) is 15.0. The van der Waals surface area contributed by atoms with Gasteiger partial charge in [-0.05, 0) is 36.6 Å². The molecule has 0 aliphatic carbocycles. The topological polar surface area (TPSA) is 83.8 Å². The van der Waals surface area contributed by atoms with Crippen LogP contribution < -0.4 is 4.74 Å². The minimum Gasteiger partial charge on any atom is -0.508 e. The summed E-state index contributed by atoms with van der Waals surface area (Å²) in [7, 11) is -4.50. The van der Waals surface area contributed by atoms with Crippen molar-refractivity contribution in [1.29, 1.82) is 0 Å². The highest BCUT2D eigenvalue weighted by molar-refractivity contribution is 7.86. The number of hydrogen-bond acceptors (Lipinski definition) is 4. The van der Waals surface area contributed by atoms with Crippen LogP contribution in [0.1, 0.15) is 51.0 Å². The predicted octanol–water partition coefficient (Wildman–Crippen LogP) is 5.33. The Hall–Kier alpha value is -2.05. The third kappa shape index (κ3) is 6.04. The molecule has 0 spiro atoms. The number of ether oxygens (including phenoxy) is 1. The monoisotopic (exact) mass is 378 g/mol. The molecule has 0 unspecified atom stereocenters. The lowest BCUT2D eigenvalue weighted by molar-refractivity contribution is 0.435. The minimum absolute atomic E-state index is 0.0132. The third-order valence-corrected chi connectivity index (χ3v) is 5.07. The van der Waals surface area contributed by atoms with Crippen molar-refractivity contribution >= 4 is 10.1 Å². The van der Waals surface area contributed by atoms with Crippen molar-refractivity contribution in [3.05, 3.63) is 48.0 Å². The van der Waals surface area contributed by atoms with Crippen molar-refractivity contribution < 1.29 is 22.8 Å². The highest BCUT2D eigenvalue weighted by Gasteiger charge is 2.19. The lowest BCUT2D eigenvalue weighted by Crippen LogP contribution is -2.02. The highest BCUT2D eigenvalue weighted by atomic mass is 32.2. The molecule has 0 saturated carbocycles. The number of phenols is 1. The van der Waals surface area contributed by atoms with E-state index in [2.05, 4.69) is 6.92 Å². The van der Waals surface area contributed by atoms with E-state index in [0.29, 0.717) is 5.75 Å². The fourth-order valence-corrected chi connectivity index (χ4v) is 3.44. The van der Waals surface area contributed by atoms with Gasteiger partial charge in [0.25, 0.3) is 10.1 Å². The van der Waals surface area contributed by atoms with Crippen molar-refractivity contribution in [2.45, 2.75) is 56.8 Å². The first-order valence-corrected chi connectivity index (χ1v) is 10.4. The van der Waals surface area contributed by atoms with Gasteiger partial charge in [-0.15, -0.1) is 0 Å². The van der Waals surface area contributed by atoms with Gasteiger partial charge in [0.05, 0.1) is 0 Å². The zero-order chi connectivity index (χ0) is 19.0. The minimum atomic E-state index is -4.50. The number of hydrogen-bond donors (Lipinski definition) is 2. The molecule has 0 saturated heterocycles. The van der Waals surface area contributed by atoms with Gasteiger partial charge in [-0.25, -0.2) is 0 Å². The molecule has 0 aliphatic heterocycles. The molecule has 0 heterocycles. The standard InChI is InChI=1S/C20H26O5S/c1-2-3-4-5-6-7-10-16-11-8-9-12-18(16)25-19-14-13-17(21)15-20(19)26(22,23)24/h8-9,11-15,21H,2-7,10H2,1H3,(H,22,23,24). The van der Waals surface area contributed by atoms with E-state index >= 15 is 0 Å². The second kappa shape index (κ2) is 9.59. The second-order valence-corrected chi connectivity index (χ2v) is 7.72. The first kappa shape index (κ1) is 20.3. The zero-order valence-corrected chi connectivity index (χ0v) is 15.8. The summed E-state index contributed by atoms with van der Waals surface area (Å²) in [5.74, 6) is 0.280. The highest BCUT2D eigenvalue weighted by Crippen LogP contribution is 2.33. The van der Waals surface area contributed by atoms with Gasteiger partial charge < -0.3 is 9.84 Å². The van der Waals surface area contributed by atoms with Gasteiger partial charge >= 0.3 is 0 Å². The maximum absolute atomic E-state index is 11.5. The van der Waals surface area contributed by atoms with Crippen molar-refractivity contribution in [2.75, 3.05) is 0 Å². The van der Waals surface area contributed by atoms with E-state index in [1.807, 2.05) is 18.2 Å². The van der Waals surface area contributed by atoms with Crippen LogP contribution in [0.5, 0.6) is 17.2 Å². The van der Waals surface area contributed by atoms with Gasteiger partial charge in [0, 0.05) is 6.07 Å². The largest absolute Gasteiger partial charge is 0.508 e. The van der Waals surface area contributed by atoms with Crippen LogP contribution in [0.25, 0.3) is 0 Å². The second-order valence-electron chi connectivity index (χ2n) is 6.33. The summed E-state index contributed by atoms with van der Waals surface area (Å²) in [5.41, 5.74) is 0.984. The summed E-state index contributed by atoms with van der Waals surface area (Å²) < 4.78 is 38.2. The lowest BCUT2D eigenvalue weighted by atomic mass is 10.0. The van der Waals surface area contributed by atoms with Gasteiger partial charge in [-0.1, -0.05) is 57.2 Å². The molecule has 0 aliphatic rings. The van der Waals surface area contributed by atoms with Gasteiger partial charge in [-0.3, -0.25) is 4.55 Å². The first-order valence-electron chi connectivity index (χ1n) is 8.98. The number of benzene rings is 2. The Labute approximate surface area is 155 Å². The summed E-state index contributed by atoms with van der Waals surface area (Å²) in [5, 5.41) is 9.50. The molecule has 6 heteroatoms. The molecule has 0 atom stereocenters. The molecule has 0 radical (unpaired) electrons. The Balaban J connectivity index is 2.11. The van der Waals surface area contributed by atoms with Crippen molar-refractivity contribution in [1.82, 2.24) is 0 Å². The average Bonchev–Trinajstić information content (AvgIpc) is 2.60. The van der Waals surface area contributed by atoms with E-state index in [4.69, 9.17) is 4.74 Å². The van der Waals surface area contributed by atoms with Gasteiger partial charge in [0.2, 0.25) is 0 Å². The Morgan fingerprint density at radius 1 is 0.923 bits per heavy atom. The van der Waals surface area contributed by atoms with Crippen LogP contribution >= 0.6 is 0 Å². The summed E-state index contributed by atoms with van der Waals surface area (Å²) in [6.45, 7) is 2.19. The number of aryl methyl sites for hydroxylation is 1. The van der Waals surface area contributed by atoms with E-state index in [0.717, 1.165) is 30.9 Å². The van der Waals surface area contributed by atoms with Crippen molar-refractivity contribution in [3.8, 4) is 17.2 Å². The third-order valence-electron chi connectivity index (χ3n) is 4.20. The van der Waals surface area contributed by atoms with E-state index in [1.54, 1.807) is 6.07 Å². The van der Waals surface area contributed by atoms with Crippen LogP contribution in [0.4, 0.5) is 0 Å². The maximum Gasteiger partial charge on any atom is 0.298 e. The summed E-state index contributed by atoms with van der Waals surface area (Å²) >= 11 is 0. The molecule has 0 bridgehead atoms. The Morgan fingerprint density at radius 3 is 2.35 bits per heavy atom. The van der Waals surface area contributed by atoms with Gasteiger partial charge in [-0.2, -0.15) is 8.42 Å². The van der Waals surface area contributed by atoms with E-state index in [-0.39, 0.29) is 11.5 Å². The van der Waals surface area contributed by atoms with Crippen molar-refractivity contribution in [2.24, 2.45) is 0 Å². The van der Waals surface area contributed by atoms with Crippen LogP contribution in [0, 0.1) is 0 Å². The molecule has 26 heavy (non-hydrogen) atoms. The maximum atomic E-state index is 11.5. The normalized spacial score (nSPS) is 11.5. The molecule has 0 amide bonds. The molecule has 0 fully saturated rings. The Kier molecular flexibility index (Phi) is 7.48. The van der Waals surface area contributed by atoms with Crippen LogP contribution in [-0.4, -0.2) is 18.1 Å². The summed E-state index contributed by atoms with van der Waals surface area (Å²) in [6, 6.07) is 11.1. The van der Waals surface area contributed by atoms with Crippen molar-refractivity contribution in [3.63, 3.8) is 0 Å². The van der Waals surface area contributed by atoms with Crippen LogP contribution in [-0.2, 0) is 16.5 Å². The molecular formula is C20H26O5S. The molecule has 142 valence electrons. The fourth-order valence-electron chi connectivity index (χ4n) is 2.81. The smallest absolute Gasteiger partial charge is 0.298 e. The number of para-hydroxylation sites is 1. The predicted molar refractivity (Wildman–Crippen MR) is 102 cm³/mol. The Morgan fingerprint density at radius 2 is 1.62 bits per heavy atom. The molecule has 5 nitrogen and oxygen atoms in total. The Bertz CT molecular complexity index is 815. The van der Waals surface area contributed by atoms with E-state index in [9.17, 15) is 18.1 Å². The average molecular weight is 378 g/mol. The molecule has 2 aromatic carbocycles. The molecule has 2 N–H and O–H groups in total. The number of phenolic OH excluding ortho intramolecular Hbond substituents is 1. The van der Waals surface area contributed by atoms with E-state index in [1.165, 1.54) is 37.8 Å². The van der Waals surface area contributed by atoms with E-state index < -0.39 is 15.0 Å². The van der Waals surface area contributed by atoms with Gasteiger partial charge in [0.1, 0.15) is 22.1 Å². The first-order chi connectivity index (χ1) is 12.4. The SMILES string of the molecule is CCCCCCCCc1ccccc1Oc1ccc(O)cc1S(=O)(=O)O. The number of rotatable bonds is 10. The van der Waals surface area contributed by atoms with Gasteiger partial charge in [0.15, 0.2) is 0 Å². The summed E-state index contributed by atoms with van der Waals surface area (Å²) in [4.78, 5) is -0.452. The van der Waals surface area contributed by atoms with Crippen LogP contribution in [0.15, 0.2) is 47.4 Å². The molecule has 2 aromatic rings. The quantitative estimate of drug-likeness (QED) is 0.431. The fraction of sp³-hybridized carbons (Fsp3) is 0.400. The summed E-state index contributed by atoms with van der Waals surface area (Å²) in [6.07, 6.45) is 7.95. The number of aromatic hydroxyl groups is 1. The number of unbranched alkanes of at least 4 members (excludes halogenated alkanes) is 5.